The Morgan fingerprint density at radius 3 is 2.52 bits per heavy atom. The fourth-order valence-electron chi connectivity index (χ4n) is 4.37. The molecule has 0 unspecified atom stereocenters. The van der Waals surface area contributed by atoms with Crippen LogP contribution < -0.4 is 5.32 Å². The van der Waals surface area contributed by atoms with E-state index in [1.807, 2.05) is 40.0 Å². The highest BCUT2D eigenvalue weighted by Gasteiger charge is 2.37. The molecule has 0 fully saturated rings. The van der Waals surface area contributed by atoms with Crippen LogP contribution in [0.2, 0.25) is 0 Å². The van der Waals surface area contributed by atoms with E-state index in [2.05, 4.69) is 20.5 Å². The third-order valence-electron chi connectivity index (χ3n) is 5.72. The minimum atomic E-state index is -0.503. The van der Waals surface area contributed by atoms with Crippen LogP contribution in [-0.2, 0) is 5.54 Å². The Balaban J connectivity index is 1.88. The van der Waals surface area contributed by atoms with E-state index >= 15 is 4.39 Å². The van der Waals surface area contributed by atoms with Crippen LogP contribution in [-0.4, -0.2) is 19.7 Å². The molecule has 148 valence electrons. The standard InChI is InChI=1S/C22H21F2N5/c1-10-6-16-20(29-12(3)27-28-21(29)22(4,5)26-16)18(24)17(10)15-8-13(23)7-14-11(2)9-25-19(14)15/h6-9,25-26H,1-5H3. The van der Waals surface area contributed by atoms with Crippen molar-refractivity contribution in [2.45, 2.75) is 40.2 Å². The first kappa shape index (κ1) is 17.8. The summed E-state index contributed by atoms with van der Waals surface area (Å²) in [5.74, 6) is 0.416. The molecule has 1 aliphatic heterocycles. The first-order valence-electron chi connectivity index (χ1n) is 9.51. The average molecular weight is 393 g/mol. The molecule has 0 bridgehead atoms. The highest BCUT2D eigenvalue weighted by atomic mass is 19.1. The van der Waals surface area contributed by atoms with Crippen molar-refractivity contribution in [1.82, 2.24) is 19.7 Å². The van der Waals surface area contributed by atoms with Crippen LogP contribution in [0.5, 0.6) is 0 Å². The van der Waals surface area contributed by atoms with E-state index in [0.717, 1.165) is 22.0 Å². The van der Waals surface area contributed by atoms with Gasteiger partial charge < -0.3 is 10.3 Å². The molecule has 0 atom stereocenters. The Bertz CT molecular complexity index is 1310. The fraction of sp³-hybridized carbons (Fsp3) is 0.273. The number of aryl methyl sites for hydroxylation is 3. The lowest BCUT2D eigenvalue weighted by molar-refractivity contribution is 0.522. The summed E-state index contributed by atoms with van der Waals surface area (Å²) in [6.45, 7) is 9.50. The molecule has 4 aromatic rings. The Kier molecular flexibility index (Phi) is 3.48. The second kappa shape index (κ2) is 5.65. The monoisotopic (exact) mass is 393 g/mol. The molecule has 5 nitrogen and oxygen atoms in total. The summed E-state index contributed by atoms with van der Waals surface area (Å²) in [5.41, 5.74) is 3.75. The zero-order valence-corrected chi connectivity index (χ0v) is 16.9. The van der Waals surface area contributed by atoms with Crippen molar-refractivity contribution in [1.29, 1.82) is 0 Å². The molecule has 5 rings (SSSR count). The third-order valence-corrected chi connectivity index (χ3v) is 5.72. The van der Waals surface area contributed by atoms with Crippen molar-refractivity contribution >= 4 is 16.6 Å². The predicted octanol–water partition coefficient (Wildman–Crippen LogP) is 5.28. The van der Waals surface area contributed by atoms with Crippen LogP contribution in [0.1, 0.15) is 36.6 Å². The number of halogens is 2. The van der Waals surface area contributed by atoms with E-state index < -0.39 is 17.2 Å². The van der Waals surface area contributed by atoms with Gasteiger partial charge >= 0.3 is 0 Å². The lowest BCUT2D eigenvalue weighted by Gasteiger charge is -2.34. The Morgan fingerprint density at radius 1 is 1.00 bits per heavy atom. The van der Waals surface area contributed by atoms with Gasteiger partial charge in [0, 0.05) is 22.7 Å². The van der Waals surface area contributed by atoms with Gasteiger partial charge in [-0.3, -0.25) is 4.57 Å². The van der Waals surface area contributed by atoms with E-state index in [4.69, 9.17) is 0 Å². The molecule has 0 amide bonds. The number of benzene rings is 2. The molecule has 1 aliphatic rings. The maximum absolute atomic E-state index is 16.1. The van der Waals surface area contributed by atoms with Gasteiger partial charge in [0.25, 0.3) is 0 Å². The summed E-state index contributed by atoms with van der Waals surface area (Å²) in [6, 6.07) is 4.77. The first-order chi connectivity index (χ1) is 13.7. The summed E-state index contributed by atoms with van der Waals surface area (Å²) in [4.78, 5) is 3.17. The highest BCUT2D eigenvalue weighted by molar-refractivity contribution is 5.98. The molecular weight excluding hydrogens is 372 g/mol. The summed E-state index contributed by atoms with van der Waals surface area (Å²) >= 11 is 0. The Morgan fingerprint density at radius 2 is 1.76 bits per heavy atom. The van der Waals surface area contributed by atoms with Gasteiger partial charge in [-0.1, -0.05) is 0 Å². The zero-order valence-electron chi connectivity index (χ0n) is 16.9. The molecule has 2 N–H and O–H groups in total. The van der Waals surface area contributed by atoms with Gasteiger partial charge in [-0.15, -0.1) is 10.2 Å². The van der Waals surface area contributed by atoms with Crippen molar-refractivity contribution in [3.05, 3.63) is 58.8 Å². The lowest BCUT2D eigenvalue weighted by atomic mass is 9.93. The molecule has 0 saturated heterocycles. The maximum Gasteiger partial charge on any atom is 0.162 e. The van der Waals surface area contributed by atoms with Crippen LogP contribution in [0, 0.1) is 32.4 Å². The molecule has 3 heterocycles. The molecular formula is C22H21F2N5. The number of aromatic amines is 1. The van der Waals surface area contributed by atoms with Crippen LogP contribution in [0.15, 0.2) is 24.4 Å². The number of fused-ring (bicyclic) bond motifs is 4. The number of hydrogen-bond donors (Lipinski definition) is 2. The van der Waals surface area contributed by atoms with E-state index in [0.29, 0.717) is 34.2 Å². The van der Waals surface area contributed by atoms with Gasteiger partial charge in [0.05, 0.1) is 16.7 Å². The molecule has 2 aromatic heterocycles. The second-order valence-electron chi connectivity index (χ2n) is 8.28. The Hall–Kier alpha value is -3.22. The smallest absolute Gasteiger partial charge is 0.162 e. The number of anilines is 1. The van der Waals surface area contributed by atoms with Gasteiger partial charge in [0.2, 0.25) is 0 Å². The highest BCUT2D eigenvalue weighted by Crippen LogP contribution is 2.44. The average Bonchev–Trinajstić information content (AvgIpc) is 3.19. The van der Waals surface area contributed by atoms with E-state index in [-0.39, 0.29) is 0 Å². The summed E-state index contributed by atoms with van der Waals surface area (Å²) in [6.07, 6.45) is 1.81. The van der Waals surface area contributed by atoms with Gasteiger partial charge in [0.1, 0.15) is 17.3 Å². The molecule has 0 radical (unpaired) electrons. The van der Waals surface area contributed by atoms with Gasteiger partial charge in [-0.2, -0.15) is 0 Å². The lowest BCUT2D eigenvalue weighted by Crippen LogP contribution is -2.36. The Labute approximate surface area is 166 Å². The zero-order chi connectivity index (χ0) is 20.7. The van der Waals surface area contributed by atoms with Crippen molar-refractivity contribution in [2.24, 2.45) is 0 Å². The molecule has 0 saturated carbocycles. The molecule has 7 heteroatoms. The van der Waals surface area contributed by atoms with Crippen molar-refractivity contribution < 1.29 is 8.78 Å². The number of nitrogens with zero attached hydrogens (tertiary/aromatic N) is 3. The number of aromatic nitrogens is 4. The van der Waals surface area contributed by atoms with Crippen molar-refractivity contribution in [3.8, 4) is 16.8 Å². The molecule has 29 heavy (non-hydrogen) atoms. The summed E-state index contributed by atoms with van der Waals surface area (Å²) in [7, 11) is 0. The topological polar surface area (TPSA) is 58.5 Å². The van der Waals surface area contributed by atoms with E-state index in [9.17, 15) is 4.39 Å². The molecule has 0 spiro atoms. The summed E-state index contributed by atoms with van der Waals surface area (Å²) in [5, 5.41) is 12.5. The van der Waals surface area contributed by atoms with Crippen molar-refractivity contribution in [2.75, 3.05) is 5.32 Å². The second-order valence-corrected chi connectivity index (χ2v) is 8.28. The molecule has 2 aromatic carbocycles. The van der Waals surface area contributed by atoms with Gasteiger partial charge in [0.15, 0.2) is 11.6 Å². The largest absolute Gasteiger partial charge is 0.371 e. The van der Waals surface area contributed by atoms with Gasteiger partial charge in [-0.05, 0) is 63.9 Å². The number of H-pyrrole nitrogens is 1. The van der Waals surface area contributed by atoms with E-state index in [1.54, 1.807) is 11.5 Å². The molecule has 0 aliphatic carbocycles. The number of nitrogens with one attached hydrogen (secondary N) is 2. The maximum atomic E-state index is 16.1. The minimum absolute atomic E-state index is 0.364. The minimum Gasteiger partial charge on any atom is -0.371 e. The quantitative estimate of drug-likeness (QED) is 0.463. The SMILES string of the molecule is Cc1cc2c(c(F)c1-c1cc(F)cc3c(C)c[nH]c13)-n1c(C)nnc1C(C)(C)N2. The summed E-state index contributed by atoms with van der Waals surface area (Å²) < 4.78 is 32.3. The van der Waals surface area contributed by atoms with Crippen LogP contribution in [0.3, 0.4) is 0 Å². The number of hydrogen-bond acceptors (Lipinski definition) is 3. The van der Waals surface area contributed by atoms with Gasteiger partial charge in [-0.25, -0.2) is 8.78 Å². The first-order valence-corrected chi connectivity index (χ1v) is 9.51. The van der Waals surface area contributed by atoms with E-state index in [1.165, 1.54) is 12.1 Å². The predicted molar refractivity (Wildman–Crippen MR) is 109 cm³/mol. The third kappa shape index (κ3) is 2.36. The number of rotatable bonds is 1. The van der Waals surface area contributed by atoms with Crippen molar-refractivity contribution in [3.63, 3.8) is 0 Å². The normalized spacial score (nSPS) is 14.6. The fourth-order valence-corrected chi connectivity index (χ4v) is 4.37. The van der Waals surface area contributed by atoms with Crippen LogP contribution >= 0.6 is 0 Å². The van der Waals surface area contributed by atoms with Crippen LogP contribution in [0.25, 0.3) is 27.7 Å². The van der Waals surface area contributed by atoms with Crippen LogP contribution in [0.4, 0.5) is 14.5 Å².